The molecule has 0 atom stereocenters. The number of hydrogen-bond acceptors (Lipinski definition) is 2. The molecule has 72 valence electrons. The number of nitrogens with two attached hydrogens (primary N) is 1. The normalized spacial score (nSPS) is 17.2. The van der Waals surface area contributed by atoms with Crippen molar-refractivity contribution in [2.75, 3.05) is 26.2 Å². The molecule has 0 amide bonds. The molecule has 0 aromatic carbocycles. The van der Waals surface area contributed by atoms with Crippen molar-refractivity contribution in [1.82, 2.24) is 4.90 Å². The molecule has 0 aromatic rings. The molecule has 2 nitrogen and oxygen atoms in total. The monoisotopic (exact) mass is 170 g/mol. The molecule has 0 radical (unpaired) electrons. The predicted molar refractivity (Wildman–Crippen MR) is 53.1 cm³/mol. The summed E-state index contributed by atoms with van der Waals surface area (Å²) >= 11 is 0. The van der Waals surface area contributed by atoms with E-state index in [-0.39, 0.29) is 0 Å². The first-order valence-electron chi connectivity index (χ1n) is 5.29. The lowest BCUT2D eigenvalue weighted by atomic mass is 10.3. The molecule has 2 N–H and O–H groups in total. The van der Waals surface area contributed by atoms with Crippen LogP contribution in [-0.4, -0.2) is 31.1 Å². The topological polar surface area (TPSA) is 29.3 Å². The van der Waals surface area contributed by atoms with Gasteiger partial charge in [-0.05, 0) is 51.2 Å². The summed E-state index contributed by atoms with van der Waals surface area (Å²) in [4.78, 5) is 2.57. The van der Waals surface area contributed by atoms with Crippen LogP contribution in [0.1, 0.15) is 32.6 Å². The van der Waals surface area contributed by atoms with Crippen molar-refractivity contribution in [1.29, 1.82) is 0 Å². The first-order chi connectivity index (χ1) is 5.86. The zero-order valence-corrected chi connectivity index (χ0v) is 8.26. The summed E-state index contributed by atoms with van der Waals surface area (Å²) in [6.45, 7) is 6.89. The van der Waals surface area contributed by atoms with Crippen LogP contribution in [0.2, 0.25) is 0 Å². The van der Waals surface area contributed by atoms with E-state index in [1.54, 1.807) is 0 Å². The fourth-order valence-electron chi connectivity index (χ4n) is 1.59. The van der Waals surface area contributed by atoms with E-state index in [4.69, 9.17) is 5.73 Å². The summed E-state index contributed by atoms with van der Waals surface area (Å²) in [7, 11) is 0. The van der Waals surface area contributed by atoms with E-state index in [9.17, 15) is 0 Å². The van der Waals surface area contributed by atoms with E-state index >= 15 is 0 Å². The van der Waals surface area contributed by atoms with Gasteiger partial charge in [-0.2, -0.15) is 0 Å². The van der Waals surface area contributed by atoms with Crippen LogP contribution in [0.5, 0.6) is 0 Å². The SMILES string of the molecule is CCCN(CCCN)CC1CC1. The Balaban J connectivity index is 2.07. The highest BCUT2D eigenvalue weighted by atomic mass is 15.1. The van der Waals surface area contributed by atoms with Crippen molar-refractivity contribution in [3.05, 3.63) is 0 Å². The van der Waals surface area contributed by atoms with Crippen LogP contribution in [0.25, 0.3) is 0 Å². The zero-order chi connectivity index (χ0) is 8.81. The Hall–Kier alpha value is -0.0800. The van der Waals surface area contributed by atoms with Crippen molar-refractivity contribution >= 4 is 0 Å². The Morgan fingerprint density at radius 3 is 2.58 bits per heavy atom. The van der Waals surface area contributed by atoms with E-state index in [1.807, 2.05) is 0 Å². The molecule has 1 rings (SSSR count). The quantitative estimate of drug-likeness (QED) is 0.626. The highest BCUT2D eigenvalue weighted by Crippen LogP contribution is 2.29. The molecule has 12 heavy (non-hydrogen) atoms. The Morgan fingerprint density at radius 2 is 2.08 bits per heavy atom. The minimum Gasteiger partial charge on any atom is -0.330 e. The van der Waals surface area contributed by atoms with Crippen molar-refractivity contribution < 1.29 is 0 Å². The summed E-state index contributed by atoms with van der Waals surface area (Å²) in [6, 6.07) is 0. The molecule has 0 aromatic heterocycles. The standard InChI is InChI=1S/C10H22N2/c1-2-7-12(8-3-6-11)9-10-4-5-10/h10H,2-9,11H2,1H3. The molecule has 0 spiro atoms. The van der Waals surface area contributed by atoms with Crippen molar-refractivity contribution in [2.24, 2.45) is 11.7 Å². The third kappa shape index (κ3) is 4.07. The largest absolute Gasteiger partial charge is 0.330 e. The van der Waals surface area contributed by atoms with Crippen LogP contribution in [0.4, 0.5) is 0 Å². The fraction of sp³-hybridized carbons (Fsp3) is 1.00. The van der Waals surface area contributed by atoms with Crippen LogP contribution in [-0.2, 0) is 0 Å². The summed E-state index contributed by atoms with van der Waals surface area (Å²) in [5.41, 5.74) is 5.49. The van der Waals surface area contributed by atoms with Gasteiger partial charge in [0.1, 0.15) is 0 Å². The first-order valence-corrected chi connectivity index (χ1v) is 5.29. The third-order valence-corrected chi connectivity index (χ3v) is 2.43. The highest BCUT2D eigenvalue weighted by Gasteiger charge is 2.23. The summed E-state index contributed by atoms with van der Waals surface area (Å²) in [5, 5.41) is 0. The van der Waals surface area contributed by atoms with Gasteiger partial charge in [0.2, 0.25) is 0 Å². The predicted octanol–water partition coefficient (Wildman–Crippen LogP) is 1.46. The molecule has 0 heterocycles. The Bertz CT molecular complexity index is 110. The second-order valence-electron chi connectivity index (χ2n) is 3.89. The van der Waals surface area contributed by atoms with Crippen LogP contribution >= 0.6 is 0 Å². The van der Waals surface area contributed by atoms with Gasteiger partial charge in [-0.1, -0.05) is 6.92 Å². The molecule has 2 heteroatoms. The van der Waals surface area contributed by atoms with E-state index in [0.717, 1.165) is 18.9 Å². The summed E-state index contributed by atoms with van der Waals surface area (Å²) < 4.78 is 0. The minimum atomic E-state index is 0.838. The van der Waals surface area contributed by atoms with Crippen LogP contribution in [0.15, 0.2) is 0 Å². The molecular weight excluding hydrogens is 148 g/mol. The van der Waals surface area contributed by atoms with Crippen LogP contribution in [0, 0.1) is 5.92 Å². The maximum absolute atomic E-state index is 5.49. The zero-order valence-electron chi connectivity index (χ0n) is 8.26. The number of hydrogen-bond donors (Lipinski definition) is 1. The molecule has 1 saturated carbocycles. The highest BCUT2D eigenvalue weighted by molar-refractivity contribution is 4.77. The second-order valence-corrected chi connectivity index (χ2v) is 3.89. The molecule has 0 saturated heterocycles. The summed E-state index contributed by atoms with van der Waals surface area (Å²) in [6.07, 6.45) is 5.36. The molecule has 0 aliphatic heterocycles. The van der Waals surface area contributed by atoms with Crippen LogP contribution < -0.4 is 5.73 Å². The van der Waals surface area contributed by atoms with Gasteiger partial charge >= 0.3 is 0 Å². The van der Waals surface area contributed by atoms with Gasteiger partial charge in [0.25, 0.3) is 0 Å². The maximum Gasteiger partial charge on any atom is 0.000967 e. The van der Waals surface area contributed by atoms with E-state index in [1.165, 1.54) is 38.9 Å². The van der Waals surface area contributed by atoms with E-state index in [2.05, 4.69) is 11.8 Å². The van der Waals surface area contributed by atoms with Gasteiger partial charge in [0.05, 0.1) is 0 Å². The minimum absolute atomic E-state index is 0.838. The van der Waals surface area contributed by atoms with Gasteiger partial charge in [-0.15, -0.1) is 0 Å². The van der Waals surface area contributed by atoms with Gasteiger partial charge in [0.15, 0.2) is 0 Å². The Labute approximate surface area is 76.1 Å². The van der Waals surface area contributed by atoms with Gasteiger partial charge in [-0.3, -0.25) is 0 Å². The summed E-state index contributed by atoms with van der Waals surface area (Å²) in [5.74, 6) is 1.02. The molecule has 0 unspecified atom stereocenters. The number of nitrogens with zero attached hydrogens (tertiary/aromatic N) is 1. The van der Waals surface area contributed by atoms with Gasteiger partial charge in [-0.25, -0.2) is 0 Å². The number of rotatable bonds is 7. The smallest absolute Gasteiger partial charge is 0.000967 e. The van der Waals surface area contributed by atoms with Crippen molar-refractivity contribution in [3.63, 3.8) is 0 Å². The fourth-order valence-corrected chi connectivity index (χ4v) is 1.59. The van der Waals surface area contributed by atoms with Gasteiger partial charge in [0, 0.05) is 6.54 Å². The van der Waals surface area contributed by atoms with Crippen molar-refractivity contribution in [2.45, 2.75) is 32.6 Å². The molecule has 1 aliphatic rings. The molecule has 1 fully saturated rings. The average molecular weight is 170 g/mol. The van der Waals surface area contributed by atoms with Gasteiger partial charge < -0.3 is 10.6 Å². The first kappa shape index (κ1) is 10.0. The molecular formula is C10H22N2. The van der Waals surface area contributed by atoms with E-state index in [0.29, 0.717) is 0 Å². The lowest BCUT2D eigenvalue weighted by Crippen LogP contribution is -2.29. The average Bonchev–Trinajstić information content (AvgIpc) is 2.84. The van der Waals surface area contributed by atoms with Crippen LogP contribution in [0.3, 0.4) is 0 Å². The maximum atomic E-state index is 5.49. The lowest BCUT2D eigenvalue weighted by Gasteiger charge is -2.20. The third-order valence-electron chi connectivity index (χ3n) is 2.43. The lowest BCUT2D eigenvalue weighted by molar-refractivity contribution is 0.262. The molecule has 0 bridgehead atoms. The Morgan fingerprint density at radius 1 is 1.33 bits per heavy atom. The van der Waals surface area contributed by atoms with Crippen molar-refractivity contribution in [3.8, 4) is 0 Å². The van der Waals surface area contributed by atoms with E-state index < -0.39 is 0 Å². The Kier molecular flexibility index (Phi) is 4.62. The molecule has 1 aliphatic carbocycles. The second kappa shape index (κ2) is 5.55.